The second kappa shape index (κ2) is 9.08. The van der Waals surface area contributed by atoms with E-state index < -0.39 is 0 Å². The van der Waals surface area contributed by atoms with E-state index in [2.05, 4.69) is 36.0 Å². The van der Waals surface area contributed by atoms with Crippen LogP contribution in [0, 0.1) is 0 Å². The number of nitrogens with zero attached hydrogens (tertiary/aromatic N) is 3. The van der Waals surface area contributed by atoms with Crippen molar-refractivity contribution >= 4 is 24.0 Å². The Kier molecular flexibility index (Phi) is 6.76. The minimum absolute atomic E-state index is 0. The molecule has 0 saturated carbocycles. The number of benzene rings is 2. The first-order valence-electron chi connectivity index (χ1n) is 9.54. The van der Waals surface area contributed by atoms with E-state index in [1.165, 1.54) is 6.42 Å². The van der Waals surface area contributed by atoms with Gasteiger partial charge in [0.2, 0.25) is 0 Å². The number of halogens is 2. The van der Waals surface area contributed by atoms with E-state index in [9.17, 15) is 0 Å². The van der Waals surface area contributed by atoms with Crippen molar-refractivity contribution in [1.29, 1.82) is 0 Å². The van der Waals surface area contributed by atoms with E-state index in [4.69, 9.17) is 21.1 Å². The first-order valence-corrected chi connectivity index (χ1v) is 9.92. The van der Waals surface area contributed by atoms with Gasteiger partial charge in [0, 0.05) is 29.1 Å². The molecule has 148 valence electrons. The van der Waals surface area contributed by atoms with Crippen LogP contribution in [0.1, 0.15) is 38.4 Å². The van der Waals surface area contributed by atoms with Crippen molar-refractivity contribution in [3.8, 4) is 22.6 Å². The summed E-state index contributed by atoms with van der Waals surface area (Å²) in [6.07, 6.45) is 2.31. The van der Waals surface area contributed by atoms with Crippen LogP contribution in [0.2, 0.25) is 5.02 Å². The Morgan fingerprint density at radius 2 is 1.61 bits per heavy atom. The molecule has 1 aliphatic rings. The summed E-state index contributed by atoms with van der Waals surface area (Å²) in [5, 5.41) is 5.02. The number of rotatable bonds is 4. The Morgan fingerprint density at radius 1 is 1.00 bits per heavy atom. The third-order valence-corrected chi connectivity index (χ3v) is 5.55. The van der Waals surface area contributed by atoms with Crippen LogP contribution >= 0.6 is 24.0 Å². The van der Waals surface area contributed by atoms with Gasteiger partial charge in [-0.2, -0.15) is 4.98 Å². The van der Waals surface area contributed by atoms with Gasteiger partial charge in [0.05, 0.1) is 0 Å². The van der Waals surface area contributed by atoms with Crippen LogP contribution in [0.4, 0.5) is 0 Å². The van der Waals surface area contributed by atoms with E-state index in [1.807, 2.05) is 36.4 Å². The number of hydrogen-bond donors (Lipinski definition) is 0. The maximum absolute atomic E-state index is 5.97. The minimum Gasteiger partial charge on any atom is -0.334 e. The molecular formula is C22H25Cl2N3O. The predicted molar refractivity (Wildman–Crippen MR) is 116 cm³/mol. The van der Waals surface area contributed by atoms with E-state index in [1.54, 1.807) is 0 Å². The SMILES string of the molecule is CC(C)N1CCCC(c2noc(-c3ccc(-c4ccc(Cl)cc4)cc3)n2)C1.Cl. The molecule has 0 aliphatic carbocycles. The quantitative estimate of drug-likeness (QED) is 0.516. The zero-order valence-corrected chi connectivity index (χ0v) is 17.7. The van der Waals surface area contributed by atoms with E-state index >= 15 is 0 Å². The van der Waals surface area contributed by atoms with Crippen molar-refractivity contribution in [2.45, 2.75) is 38.6 Å². The summed E-state index contributed by atoms with van der Waals surface area (Å²) >= 11 is 5.97. The number of piperidine rings is 1. The molecule has 1 fully saturated rings. The van der Waals surface area contributed by atoms with Gasteiger partial charge in [-0.05, 0) is 68.6 Å². The summed E-state index contributed by atoms with van der Waals surface area (Å²) < 4.78 is 5.56. The maximum atomic E-state index is 5.97. The van der Waals surface area contributed by atoms with E-state index in [0.29, 0.717) is 17.9 Å². The van der Waals surface area contributed by atoms with Crippen molar-refractivity contribution in [2.75, 3.05) is 13.1 Å². The van der Waals surface area contributed by atoms with Crippen LogP contribution in [0.5, 0.6) is 0 Å². The summed E-state index contributed by atoms with van der Waals surface area (Å²) in [4.78, 5) is 7.18. The molecule has 2 heterocycles. The molecule has 2 aromatic carbocycles. The molecule has 4 rings (SSSR count). The zero-order chi connectivity index (χ0) is 18.8. The minimum atomic E-state index is 0. The summed E-state index contributed by atoms with van der Waals surface area (Å²) in [6.45, 7) is 6.65. The molecule has 1 aromatic heterocycles. The first kappa shape index (κ1) is 20.8. The Labute approximate surface area is 177 Å². The van der Waals surface area contributed by atoms with Crippen LogP contribution in [0.15, 0.2) is 53.1 Å². The molecule has 6 heteroatoms. The third-order valence-electron chi connectivity index (χ3n) is 5.30. The Hall–Kier alpha value is -1.88. The first-order chi connectivity index (χ1) is 13.1. The lowest BCUT2D eigenvalue weighted by Crippen LogP contribution is -2.39. The Balaban J connectivity index is 0.00000225. The fraction of sp³-hybridized carbons (Fsp3) is 0.364. The highest BCUT2D eigenvalue weighted by Crippen LogP contribution is 2.29. The molecule has 1 aliphatic heterocycles. The fourth-order valence-electron chi connectivity index (χ4n) is 3.65. The van der Waals surface area contributed by atoms with Crippen molar-refractivity contribution in [1.82, 2.24) is 15.0 Å². The molecule has 1 atom stereocenters. The summed E-state index contributed by atoms with van der Waals surface area (Å²) in [5.41, 5.74) is 3.21. The van der Waals surface area contributed by atoms with Crippen LogP contribution < -0.4 is 0 Å². The molecule has 28 heavy (non-hydrogen) atoms. The highest BCUT2D eigenvalue weighted by Gasteiger charge is 2.26. The number of likely N-dealkylation sites (tertiary alicyclic amines) is 1. The highest BCUT2D eigenvalue weighted by atomic mass is 35.5. The molecule has 1 unspecified atom stereocenters. The van der Waals surface area contributed by atoms with Crippen LogP contribution in [-0.4, -0.2) is 34.2 Å². The molecule has 0 bridgehead atoms. The molecule has 0 spiro atoms. The van der Waals surface area contributed by atoms with Gasteiger partial charge < -0.3 is 9.42 Å². The summed E-state index contributed by atoms with van der Waals surface area (Å²) in [7, 11) is 0. The maximum Gasteiger partial charge on any atom is 0.257 e. The second-order valence-electron chi connectivity index (χ2n) is 7.47. The normalized spacial score (nSPS) is 17.5. The van der Waals surface area contributed by atoms with E-state index in [0.717, 1.165) is 47.0 Å². The fourth-order valence-corrected chi connectivity index (χ4v) is 3.78. The Bertz CT molecular complexity index is 891. The molecule has 4 nitrogen and oxygen atoms in total. The predicted octanol–water partition coefficient (Wildman–Crippen LogP) is 6.07. The molecule has 1 saturated heterocycles. The van der Waals surface area contributed by atoms with Gasteiger partial charge in [0.25, 0.3) is 5.89 Å². The second-order valence-corrected chi connectivity index (χ2v) is 7.91. The molecule has 3 aromatic rings. The lowest BCUT2D eigenvalue weighted by Gasteiger charge is -2.34. The van der Waals surface area contributed by atoms with Crippen LogP contribution in [0.3, 0.4) is 0 Å². The lowest BCUT2D eigenvalue weighted by molar-refractivity contribution is 0.163. The smallest absolute Gasteiger partial charge is 0.257 e. The van der Waals surface area contributed by atoms with Gasteiger partial charge in [0.15, 0.2) is 5.82 Å². The summed E-state index contributed by atoms with van der Waals surface area (Å²) in [5.74, 6) is 1.78. The number of hydrogen-bond acceptors (Lipinski definition) is 4. The highest BCUT2D eigenvalue weighted by molar-refractivity contribution is 6.30. The average molecular weight is 418 g/mol. The molecule has 0 radical (unpaired) electrons. The third kappa shape index (κ3) is 4.57. The van der Waals surface area contributed by atoms with Crippen LogP contribution in [-0.2, 0) is 0 Å². The van der Waals surface area contributed by atoms with Gasteiger partial charge in [-0.3, -0.25) is 0 Å². The van der Waals surface area contributed by atoms with Crippen molar-refractivity contribution in [2.24, 2.45) is 0 Å². The molecule has 0 N–H and O–H groups in total. The largest absolute Gasteiger partial charge is 0.334 e. The van der Waals surface area contributed by atoms with Crippen molar-refractivity contribution < 1.29 is 4.52 Å². The summed E-state index contributed by atoms with van der Waals surface area (Å²) in [6, 6.07) is 16.6. The monoisotopic (exact) mass is 417 g/mol. The molecule has 0 amide bonds. The lowest BCUT2D eigenvalue weighted by atomic mass is 9.96. The van der Waals surface area contributed by atoms with Crippen molar-refractivity contribution in [3.05, 3.63) is 59.4 Å². The van der Waals surface area contributed by atoms with Gasteiger partial charge in [-0.15, -0.1) is 12.4 Å². The molecular weight excluding hydrogens is 393 g/mol. The van der Waals surface area contributed by atoms with Gasteiger partial charge >= 0.3 is 0 Å². The standard InChI is InChI=1S/C22H24ClN3O.ClH/c1-15(2)26-13-3-4-19(14-26)21-24-22(27-25-21)18-7-5-16(6-8-18)17-9-11-20(23)12-10-17;/h5-12,15,19H,3-4,13-14H2,1-2H3;1H. The topological polar surface area (TPSA) is 42.2 Å². The average Bonchev–Trinajstić information content (AvgIpc) is 3.19. The van der Waals surface area contributed by atoms with Crippen LogP contribution in [0.25, 0.3) is 22.6 Å². The van der Waals surface area contributed by atoms with E-state index in [-0.39, 0.29) is 12.4 Å². The Morgan fingerprint density at radius 3 is 2.25 bits per heavy atom. The zero-order valence-electron chi connectivity index (χ0n) is 16.1. The van der Waals surface area contributed by atoms with Crippen molar-refractivity contribution in [3.63, 3.8) is 0 Å². The van der Waals surface area contributed by atoms with Gasteiger partial charge in [-0.25, -0.2) is 0 Å². The van der Waals surface area contributed by atoms with Gasteiger partial charge in [0.1, 0.15) is 0 Å². The number of aromatic nitrogens is 2. The van der Waals surface area contributed by atoms with Gasteiger partial charge in [-0.1, -0.05) is 41.0 Å².